The normalized spacial score (nSPS) is 9.08. The van der Waals surface area contributed by atoms with E-state index in [9.17, 15) is 4.39 Å². The van der Waals surface area contributed by atoms with Gasteiger partial charge in [0.15, 0.2) is 0 Å². The maximum Gasteiger partial charge on any atom is 0.147 e. The van der Waals surface area contributed by atoms with Crippen LogP contribution in [0.4, 0.5) is 10.1 Å². The van der Waals surface area contributed by atoms with E-state index in [1.165, 1.54) is 6.07 Å². The van der Waals surface area contributed by atoms with Gasteiger partial charge in [0, 0.05) is 13.0 Å². The molecule has 0 amide bonds. The molecule has 0 saturated carbocycles. The van der Waals surface area contributed by atoms with E-state index in [2.05, 4.69) is 11.8 Å². The Morgan fingerprint density at radius 3 is 2.85 bits per heavy atom. The van der Waals surface area contributed by atoms with Crippen molar-refractivity contribution in [2.45, 2.75) is 6.42 Å². The first-order chi connectivity index (χ1) is 6.25. The largest absolute Gasteiger partial charge is 0.395 e. The molecule has 0 spiro atoms. The summed E-state index contributed by atoms with van der Waals surface area (Å²) < 4.78 is 12.9. The van der Waals surface area contributed by atoms with Crippen molar-refractivity contribution >= 4 is 5.69 Å². The summed E-state index contributed by atoms with van der Waals surface area (Å²) in [6, 6.07) is 4.57. The zero-order chi connectivity index (χ0) is 9.68. The monoisotopic (exact) mass is 178 g/mol. The highest BCUT2D eigenvalue weighted by Crippen LogP contribution is 2.13. The smallest absolute Gasteiger partial charge is 0.147 e. The third kappa shape index (κ3) is 2.46. The highest BCUT2D eigenvalue weighted by atomic mass is 19.1. The van der Waals surface area contributed by atoms with Gasteiger partial charge in [0.2, 0.25) is 0 Å². The van der Waals surface area contributed by atoms with E-state index >= 15 is 0 Å². The molecule has 0 aromatic heterocycles. The molecular weight excluding hydrogens is 167 g/mol. The van der Waals surface area contributed by atoms with Crippen molar-refractivity contribution in [2.75, 3.05) is 12.3 Å². The second-order valence-electron chi connectivity index (χ2n) is 2.54. The summed E-state index contributed by atoms with van der Waals surface area (Å²) in [5.41, 5.74) is 11.3. The number of hydrogen-bond acceptors (Lipinski definition) is 2. The van der Waals surface area contributed by atoms with Crippen molar-refractivity contribution in [3.05, 3.63) is 29.6 Å². The van der Waals surface area contributed by atoms with Crippen molar-refractivity contribution in [3.63, 3.8) is 0 Å². The lowest BCUT2D eigenvalue weighted by Gasteiger charge is -1.97. The molecule has 0 bridgehead atoms. The zero-order valence-electron chi connectivity index (χ0n) is 7.18. The van der Waals surface area contributed by atoms with Crippen LogP contribution in [0.1, 0.15) is 12.0 Å². The first kappa shape index (κ1) is 9.56. The van der Waals surface area contributed by atoms with Crippen LogP contribution in [0.5, 0.6) is 0 Å². The number of para-hydroxylation sites is 1. The molecule has 1 aromatic rings. The van der Waals surface area contributed by atoms with E-state index in [-0.39, 0.29) is 5.69 Å². The van der Waals surface area contributed by atoms with E-state index in [0.29, 0.717) is 18.5 Å². The van der Waals surface area contributed by atoms with Gasteiger partial charge in [-0.3, -0.25) is 0 Å². The summed E-state index contributed by atoms with van der Waals surface area (Å²) in [5.74, 6) is 5.13. The van der Waals surface area contributed by atoms with Gasteiger partial charge in [0.25, 0.3) is 0 Å². The summed E-state index contributed by atoms with van der Waals surface area (Å²) in [5, 5.41) is 0. The summed E-state index contributed by atoms with van der Waals surface area (Å²) >= 11 is 0. The molecule has 2 nitrogen and oxygen atoms in total. The van der Waals surface area contributed by atoms with Gasteiger partial charge in [-0.2, -0.15) is 0 Å². The number of rotatable bonds is 1. The van der Waals surface area contributed by atoms with Crippen LogP contribution in [0, 0.1) is 17.7 Å². The molecular formula is C10H11FN2. The predicted molar refractivity (Wildman–Crippen MR) is 51.4 cm³/mol. The van der Waals surface area contributed by atoms with Crippen molar-refractivity contribution < 1.29 is 4.39 Å². The predicted octanol–water partition coefficient (Wildman–Crippen LogP) is 1.11. The van der Waals surface area contributed by atoms with Gasteiger partial charge < -0.3 is 11.5 Å². The first-order valence-corrected chi connectivity index (χ1v) is 3.98. The summed E-state index contributed by atoms with van der Waals surface area (Å²) in [4.78, 5) is 0. The highest BCUT2D eigenvalue weighted by Gasteiger charge is 1.99. The molecule has 1 rings (SSSR count). The molecule has 68 valence electrons. The Morgan fingerprint density at radius 1 is 1.38 bits per heavy atom. The third-order valence-corrected chi connectivity index (χ3v) is 1.55. The van der Waals surface area contributed by atoms with Crippen molar-refractivity contribution in [2.24, 2.45) is 5.73 Å². The average Bonchev–Trinajstić information content (AvgIpc) is 2.13. The molecule has 0 radical (unpaired) electrons. The lowest BCUT2D eigenvalue weighted by molar-refractivity contribution is 0.632. The Bertz CT molecular complexity index is 350. The Labute approximate surface area is 76.7 Å². The Kier molecular flexibility index (Phi) is 3.30. The van der Waals surface area contributed by atoms with Crippen LogP contribution in [0.2, 0.25) is 0 Å². The average molecular weight is 178 g/mol. The topological polar surface area (TPSA) is 52.0 Å². The van der Waals surface area contributed by atoms with Gasteiger partial charge in [-0.05, 0) is 12.1 Å². The Morgan fingerprint density at radius 2 is 2.15 bits per heavy atom. The molecule has 3 heteroatoms. The van der Waals surface area contributed by atoms with Crippen LogP contribution >= 0.6 is 0 Å². The maximum absolute atomic E-state index is 12.9. The van der Waals surface area contributed by atoms with E-state index < -0.39 is 5.82 Å². The maximum atomic E-state index is 12.9. The standard InChI is InChI=1S/C10H11FN2/c11-9-6-3-5-8(10(9)13)4-1-2-7-12/h3,5-6H,2,7,12-13H2. The van der Waals surface area contributed by atoms with Crippen molar-refractivity contribution in [1.29, 1.82) is 0 Å². The van der Waals surface area contributed by atoms with Gasteiger partial charge >= 0.3 is 0 Å². The molecule has 0 aliphatic rings. The molecule has 0 aliphatic heterocycles. The van der Waals surface area contributed by atoms with Crippen LogP contribution in [0.25, 0.3) is 0 Å². The second kappa shape index (κ2) is 4.48. The fourth-order valence-corrected chi connectivity index (χ4v) is 0.876. The molecule has 0 saturated heterocycles. The second-order valence-corrected chi connectivity index (χ2v) is 2.54. The quantitative estimate of drug-likeness (QED) is 0.500. The van der Waals surface area contributed by atoms with Crippen LogP contribution in [-0.4, -0.2) is 6.54 Å². The molecule has 0 atom stereocenters. The molecule has 0 unspecified atom stereocenters. The lowest BCUT2D eigenvalue weighted by atomic mass is 10.2. The zero-order valence-corrected chi connectivity index (χ0v) is 7.18. The summed E-state index contributed by atoms with van der Waals surface area (Å²) in [7, 11) is 0. The molecule has 1 aromatic carbocycles. The van der Waals surface area contributed by atoms with Crippen LogP contribution in [0.15, 0.2) is 18.2 Å². The molecule has 0 aliphatic carbocycles. The number of anilines is 1. The molecule has 13 heavy (non-hydrogen) atoms. The van der Waals surface area contributed by atoms with E-state index in [1.807, 2.05) is 0 Å². The first-order valence-electron chi connectivity index (χ1n) is 3.98. The minimum atomic E-state index is -0.431. The fraction of sp³-hybridized carbons (Fsp3) is 0.200. The fourth-order valence-electron chi connectivity index (χ4n) is 0.876. The summed E-state index contributed by atoms with van der Waals surface area (Å²) in [6.07, 6.45) is 0.593. The molecule has 0 fully saturated rings. The van der Waals surface area contributed by atoms with Gasteiger partial charge in [0.1, 0.15) is 5.82 Å². The number of nitrogens with two attached hydrogens (primary N) is 2. The Hall–Kier alpha value is -1.53. The minimum Gasteiger partial charge on any atom is -0.395 e. The number of nitrogen functional groups attached to an aromatic ring is 1. The van der Waals surface area contributed by atoms with Gasteiger partial charge in [-0.1, -0.05) is 17.9 Å². The van der Waals surface area contributed by atoms with E-state index in [4.69, 9.17) is 11.5 Å². The molecule has 4 N–H and O–H groups in total. The highest BCUT2D eigenvalue weighted by molar-refractivity contribution is 5.56. The number of benzene rings is 1. The summed E-state index contributed by atoms with van der Waals surface area (Å²) in [6.45, 7) is 0.502. The van der Waals surface area contributed by atoms with Gasteiger partial charge in [-0.15, -0.1) is 0 Å². The van der Waals surface area contributed by atoms with E-state index in [1.54, 1.807) is 12.1 Å². The van der Waals surface area contributed by atoms with Crippen LogP contribution in [-0.2, 0) is 0 Å². The van der Waals surface area contributed by atoms with Gasteiger partial charge in [0.05, 0.1) is 11.3 Å². The van der Waals surface area contributed by atoms with E-state index in [0.717, 1.165) is 0 Å². The van der Waals surface area contributed by atoms with Gasteiger partial charge in [-0.25, -0.2) is 4.39 Å². The number of halogens is 1. The Balaban J connectivity index is 2.91. The SMILES string of the molecule is NCCC#Cc1cccc(F)c1N. The molecule has 0 heterocycles. The van der Waals surface area contributed by atoms with Crippen molar-refractivity contribution in [1.82, 2.24) is 0 Å². The number of hydrogen-bond donors (Lipinski definition) is 2. The van der Waals surface area contributed by atoms with Crippen LogP contribution < -0.4 is 11.5 Å². The van der Waals surface area contributed by atoms with Crippen molar-refractivity contribution in [3.8, 4) is 11.8 Å². The van der Waals surface area contributed by atoms with Crippen LogP contribution in [0.3, 0.4) is 0 Å². The lowest BCUT2D eigenvalue weighted by Crippen LogP contribution is -1.96. The minimum absolute atomic E-state index is 0.104. The third-order valence-electron chi connectivity index (χ3n) is 1.55.